The molecule has 3 rings (SSSR count). The van der Waals surface area contributed by atoms with Gasteiger partial charge in [0.15, 0.2) is 0 Å². The van der Waals surface area contributed by atoms with E-state index in [0.717, 1.165) is 18.1 Å². The molecule has 3 heterocycles. The lowest BCUT2D eigenvalue weighted by atomic mass is 9.99. The fourth-order valence-corrected chi connectivity index (χ4v) is 2.31. The van der Waals surface area contributed by atoms with Crippen molar-refractivity contribution in [2.24, 2.45) is 0 Å². The van der Waals surface area contributed by atoms with Crippen LogP contribution in [0.25, 0.3) is 5.82 Å². The van der Waals surface area contributed by atoms with E-state index in [1.54, 1.807) is 12.5 Å². The minimum absolute atomic E-state index is 0.0860. The predicted molar refractivity (Wildman–Crippen MR) is 73.4 cm³/mol. The smallest absolute Gasteiger partial charge is 0.220 e. The maximum Gasteiger partial charge on any atom is 0.220 e. The molecule has 0 aromatic carbocycles. The Morgan fingerprint density at radius 2 is 2.35 bits per heavy atom. The van der Waals surface area contributed by atoms with Gasteiger partial charge in [0.2, 0.25) is 5.91 Å². The van der Waals surface area contributed by atoms with Crippen LogP contribution in [0.4, 0.5) is 5.82 Å². The summed E-state index contributed by atoms with van der Waals surface area (Å²) in [4.78, 5) is 23.7. The molecule has 104 valence electrons. The van der Waals surface area contributed by atoms with Crippen LogP contribution < -0.4 is 10.6 Å². The Labute approximate surface area is 116 Å². The molecule has 1 aliphatic heterocycles. The van der Waals surface area contributed by atoms with Crippen LogP contribution in [0.5, 0.6) is 0 Å². The van der Waals surface area contributed by atoms with Crippen molar-refractivity contribution in [3.63, 3.8) is 0 Å². The number of rotatable bonds is 3. The molecule has 1 amide bonds. The number of anilines is 1. The Balaban J connectivity index is 1.75. The first-order chi connectivity index (χ1) is 9.72. The van der Waals surface area contributed by atoms with Crippen LogP contribution in [0.2, 0.25) is 0 Å². The van der Waals surface area contributed by atoms with E-state index in [2.05, 4.69) is 25.6 Å². The van der Waals surface area contributed by atoms with Crippen molar-refractivity contribution in [3.05, 3.63) is 31.1 Å². The lowest BCUT2D eigenvalue weighted by Gasteiger charge is -2.30. The summed E-state index contributed by atoms with van der Waals surface area (Å²) in [5.41, 5.74) is 0. The van der Waals surface area contributed by atoms with E-state index >= 15 is 0 Å². The van der Waals surface area contributed by atoms with Crippen LogP contribution >= 0.6 is 0 Å². The largest absolute Gasteiger partial charge is 0.365 e. The van der Waals surface area contributed by atoms with Crippen LogP contribution in [-0.4, -0.2) is 37.5 Å². The number of nitrogens with one attached hydrogen (secondary N) is 2. The van der Waals surface area contributed by atoms with Gasteiger partial charge in [0.1, 0.15) is 24.3 Å². The number of hydrogen-bond acceptors (Lipinski definition) is 5. The molecule has 0 bridgehead atoms. The van der Waals surface area contributed by atoms with Crippen molar-refractivity contribution >= 4 is 11.7 Å². The third-order valence-corrected chi connectivity index (χ3v) is 3.43. The number of nitrogens with zero attached hydrogens (tertiary/aromatic N) is 4. The predicted octanol–water partition coefficient (Wildman–Crippen LogP) is 0.741. The monoisotopic (exact) mass is 272 g/mol. The summed E-state index contributed by atoms with van der Waals surface area (Å²) in [6.45, 7) is 1.99. The summed E-state index contributed by atoms with van der Waals surface area (Å²) in [6.07, 6.45) is 8.09. The first-order valence-electron chi connectivity index (χ1n) is 6.58. The van der Waals surface area contributed by atoms with Gasteiger partial charge in [-0.2, -0.15) is 0 Å². The maximum absolute atomic E-state index is 11.3. The summed E-state index contributed by atoms with van der Waals surface area (Å²) >= 11 is 0. The summed E-state index contributed by atoms with van der Waals surface area (Å²) in [7, 11) is 0. The van der Waals surface area contributed by atoms with Gasteiger partial charge in [-0.25, -0.2) is 15.0 Å². The van der Waals surface area contributed by atoms with Crippen LogP contribution in [-0.2, 0) is 4.79 Å². The Kier molecular flexibility index (Phi) is 3.32. The number of hydrogen-bond donors (Lipinski definition) is 2. The van der Waals surface area contributed by atoms with E-state index in [1.165, 1.54) is 6.33 Å². The van der Waals surface area contributed by atoms with Gasteiger partial charge < -0.3 is 10.6 Å². The Morgan fingerprint density at radius 3 is 3.10 bits per heavy atom. The highest BCUT2D eigenvalue weighted by Crippen LogP contribution is 2.16. The average molecular weight is 272 g/mol. The number of carbonyl (C=O) groups is 1. The highest BCUT2D eigenvalue weighted by molar-refractivity contribution is 5.77. The zero-order valence-electron chi connectivity index (χ0n) is 11.2. The average Bonchev–Trinajstić information content (AvgIpc) is 2.96. The van der Waals surface area contributed by atoms with E-state index in [-0.39, 0.29) is 18.0 Å². The molecule has 2 aromatic rings. The summed E-state index contributed by atoms with van der Waals surface area (Å²) < 4.78 is 1.82. The van der Waals surface area contributed by atoms with E-state index in [0.29, 0.717) is 6.42 Å². The van der Waals surface area contributed by atoms with Crippen LogP contribution in [0.3, 0.4) is 0 Å². The second kappa shape index (κ2) is 5.28. The molecule has 20 heavy (non-hydrogen) atoms. The minimum Gasteiger partial charge on any atom is -0.365 e. The molecule has 2 unspecified atom stereocenters. The van der Waals surface area contributed by atoms with Gasteiger partial charge in [-0.15, -0.1) is 0 Å². The second-order valence-electron chi connectivity index (χ2n) is 4.88. The molecule has 0 saturated carbocycles. The second-order valence-corrected chi connectivity index (χ2v) is 4.88. The lowest BCUT2D eigenvalue weighted by molar-refractivity contribution is -0.123. The highest BCUT2D eigenvalue weighted by Gasteiger charge is 2.25. The Bertz CT molecular complexity index is 597. The summed E-state index contributed by atoms with van der Waals surface area (Å²) in [6, 6.07) is 2.13. The SMILES string of the molecule is CC1NC(=O)CCC1Nc1cc(-n2ccnc2)ncn1. The third kappa shape index (κ3) is 2.61. The molecule has 2 aromatic heterocycles. The summed E-state index contributed by atoms with van der Waals surface area (Å²) in [5, 5.41) is 6.29. The van der Waals surface area contributed by atoms with Crippen LogP contribution in [0, 0.1) is 0 Å². The highest BCUT2D eigenvalue weighted by atomic mass is 16.1. The van der Waals surface area contributed by atoms with Crippen molar-refractivity contribution < 1.29 is 4.79 Å². The van der Waals surface area contributed by atoms with Gasteiger partial charge in [0, 0.05) is 37.0 Å². The standard InChI is InChI=1S/C13H16N6O/c1-9-10(2-3-13(20)17-9)18-11-6-12(16-7-15-11)19-5-4-14-8-19/h4-10H,2-3H2,1H3,(H,17,20)(H,15,16,18). The number of carbonyl (C=O) groups excluding carboxylic acids is 1. The Morgan fingerprint density at radius 1 is 1.45 bits per heavy atom. The number of imidazole rings is 1. The minimum atomic E-state index is 0.0860. The van der Waals surface area contributed by atoms with Gasteiger partial charge >= 0.3 is 0 Å². The molecule has 1 aliphatic rings. The van der Waals surface area contributed by atoms with E-state index in [4.69, 9.17) is 0 Å². The molecule has 1 saturated heterocycles. The van der Waals surface area contributed by atoms with E-state index in [1.807, 2.05) is 23.8 Å². The topological polar surface area (TPSA) is 84.7 Å². The van der Waals surface area contributed by atoms with Gasteiger partial charge in [0.05, 0.1) is 0 Å². The number of piperidine rings is 1. The van der Waals surface area contributed by atoms with Gasteiger partial charge in [-0.3, -0.25) is 9.36 Å². The molecule has 7 nitrogen and oxygen atoms in total. The maximum atomic E-state index is 11.3. The van der Waals surface area contributed by atoms with Gasteiger partial charge in [0.25, 0.3) is 0 Å². The molecule has 0 spiro atoms. The molecule has 0 radical (unpaired) electrons. The quantitative estimate of drug-likeness (QED) is 0.861. The van der Waals surface area contributed by atoms with Crippen molar-refractivity contribution in [1.82, 2.24) is 24.8 Å². The fourth-order valence-electron chi connectivity index (χ4n) is 2.31. The lowest BCUT2D eigenvalue weighted by Crippen LogP contribution is -2.49. The van der Waals surface area contributed by atoms with Crippen LogP contribution in [0.15, 0.2) is 31.1 Å². The number of aromatic nitrogens is 4. The van der Waals surface area contributed by atoms with Gasteiger partial charge in [-0.05, 0) is 13.3 Å². The van der Waals surface area contributed by atoms with E-state index < -0.39 is 0 Å². The van der Waals surface area contributed by atoms with Crippen LogP contribution in [0.1, 0.15) is 19.8 Å². The molecular formula is C13H16N6O. The zero-order chi connectivity index (χ0) is 13.9. The molecule has 7 heteroatoms. The molecule has 2 atom stereocenters. The van der Waals surface area contributed by atoms with Crippen molar-refractivity contribution in [1.29, 1.82) is 0 Å². The number of amides is 1. The van der Waals surface area contributed by atoms with Crippen molar-refractivity contribution in [2.75, 3.05) is 5.32 Å². The first-order valence-corrected chi connectivity index (χ1v) is 6.58. The Hall–Kier alpha value is -2.44. The van der Waals surface area contributed by atoms with Crippen molar-refractivity contribution in [3.8, 4) is 5.82 Å². The summed E-state index contributed by atoms with van der Waals surface area (Å²) in [5.74, 6) is 1.61. The molecule has 1 fully saturated rings. The molecular weight excluding hydrogens is 256 g/mol. The van der Waals surface area contributed by atoms with E-state index in [9.17, 15) is 4.79 Å². The molecule has 0 aliphatic carbocycles. The molecule has 2 N–H and O–H groups in total. The normalized spacial score (nSPS) is 22.4. The van der Waals surface area contributed by atoms with Crippen molar-refractivity contribution in [2.45, 2.75) is 31.8 Å². The first kappa shape index (κ1) is 12.6. The third-order valence-electron chi connectivity index (χ3n) is 3.43. The van der Waals surface area contributed by atoms with Gasteiger partial charge in [-0.1, -0.05) is 0 Å². The fraction of sp³-hybridized carbons (Fsp3) is 0.385. The zero-order valence-corrected chi connectivity index (χ0v) is 11.2.